The van der Waals surface area contributed by atoms with Gasteiger partial charge in [-0.2, -0.15) is 0 Å². The summed E-state index contributed by atoms with van der Waals surface area (Å²) in [4.78, 5) is 12.1. The smallest absolute Gasteiger partial charge is 0.263 e. The molecule has 0 unspecified atom stereocenters. The van der Waals surface area contributed by atoms with E-state index in [-0.39, 0.29) is 18.8 Å². The molecule has 1 fully saturated rings. The number of likely N-dealkylation sites (tertiary alicyclic amines) is 1. The lowest BCUT2D eigenvalue weighted by atomic mass is 10.2. The van der Waals surface area contributed by atoms with Crippen LogP contribution in [-0.2, 0) is 17.9 Å². The molecule has 0 aliphatic carbocycles. The molecule has 1 N–H and O–H groups in total. The van der Waals surface area contributed by atoms with Gasteiger partial charge in [0.25, 0.3) is 5.92 Å². The molecule has 138 valence electrons. The van der Waals surface area contributed by atoms with Crippen LogP contribution in [0.3, 0.4) is 0 Å². The molecule has 1 aliphatic heterocycles. The van der Waals surface area contributed by atoms with Gasteiger partial charge in [0.2, 0.25) is 6.41 Å². The van der Waals surface area contributed by atoms with Gasteiger partial charge in [-0.1, -0.05) is 24.3 Å². The number of hydrogen-bond donors (Lipinski definition) is 1. The normalized spacial score (nSPS) is 19.3. The lowest BCUT2D eigenvalue weighted by Gasteiger charge is -2.22. The zero-order chi connectivity index (χ0) is 18.6. The molecule has 0 aromatic heterocycles. The van der Waals surface area contributed by atoms with E-state index in [4.69, 9.17) is 4.74 Å². The zero-order valence-electron chi connectivity index (χ0n) is 14.0. The van der Waals surface area contributed by atoms with Gasteiger partial charge in [0.15, 0.2) is 0 Å². The highest BCUT2D eigenvalue weighted by Gasteiger charge is 2.44. The van der Waals surface area contributed by atoms with Crippen molar-refractivity contribution in [3.63, 3.8) is 0 Å². The number of nitrogens with one attached hydrogen (secondary N) is 1. The minimum atomic E-state index is -2.81. The van der Waals surface area contributed by atoms with Gasteiger partial charge in [-0.05, 0) is 35.4 Å². The average Bonchev–Trinajstić information content (AvgIpc) is 2.88. The van der Waals surface area contributed by atoms with Crippen molar-refractivity contribution in [2.24, 2.45) is 0 Å². The molecule has 0 saturated carbocycles. The van der Waals surface area contributed by atoms with Crippen LogP contribution in [0.15, 0.2) is 48.5 Å². The third-order valence-corrected chi connectivity index (χ3v) is 4.23. The monoisotopic (exact) mass is 364 g/mol. The minimum Gasteiger partial charge on any atom is -0.489 e. The second kappa shape index (κ2) is 7.78. The molecule has 1 saturated heterocycles. The third-order valence-electron chi connectivity index (χ3n) is 4.23. The molecule has 4 nitrogen and oxygen atoms in total. The Labute approximate surface area is 149 Å². The zero-order valence-corrected chi connectivity index (χ0v) is 14.0. The topological polar surface area (TPSA) is 41.6 Å². The second-order valence-electron chi connectivity index (χ2n) is 6.33. The highest BCUT2D eigenvalue weighted by molar-refractivity contribution is 5.46. The Kier molecular flexibility index (Phi) is 5.46. The van der Waals surface area contributed by atoms with Crippen LogP contribution in [0.4, 0.5) is 13.2 Å². The molecule has 0 bridgehead atoms. The fourth-order valence-corrected chi connectivity index (χ4v) is 3.01. The van der Waals surface area contributed by atoms with Gasteiger partial charge in [0.1, 0.15) is 18.2 Å². The van der Waals surface area contributed by atoms with E-state index in [9.17, 15) is 18.0 Å². The fourth-order valence-electron chi connectivity index (χ4n) is 3.01. The summed E-state index contributed by atoms with van der Waals surface area (Å²) in [7, 11) is 0. The Morgan fingerprint density at radius 2 is 1.96 bits per heavy atom. The summed E-state index contributed by atoms with van der Waals surface area (Å²) in [6.45, 7) is 0.141. The molecule has 2 aromatic rings. The van der Waals surface area contributed by atoms with E-state index in [0.29, 0.717) is 18.7 Å². The fraction of sp³-hybridized carbons (Fsp3) is 0.316. The van der Waals surface area contributed by atoms with Crippen molar-refractivity contribution in [1.29, 1.82) is 0 Å². The predicted molar refractivity (Wildman–Crippen MR) is 90.1 cm³/mol. The van der Waals surface area contributed by atoms with Crippen molar-refractivity contribution < 1.29 is 22.7 Å². The Hall–Kier alpha value is -2.54. The number of carbonyl (C=O) groups excluding carboxylic acids is 1. The van der Waals surface area contributed by atoms with E-state index in [0.717, 1.165) is 11.1 Å². The molecule has 3 rings (SSSR count). The van der Waals surface area contributed by atoms with Crippen molar-refractivity contribution in [2.75, 3.05) is 6.54 Å². The quantitative estimate of drug-likeness (QED) is 0.767. The maximum Gasteiger partial charge on any atom is 0.263 e. The highest BCUT2D eigenvalue weighted by atomic mass is 19.3. The number of benzene rings is 2. The summed E-state index contributed by atoms with van der Waals surface area (Å²) in [6.07, 6.45) is -0.616. The second-order valence-corrected chi connectivity index (χ2v) is 6.33. The molecule has 2 aromatic carbocycles. The molecule has 1 atom stereocenters. The van der Waals surface area contributed by atoms with Gasteiger partial charge in [-0.15, -0.1) is 0 Å². The third kappa shape index (κ3) is 4.76. The molecule has 1 aliphatic rings. The summed E-state index contributed by atoms with van der Waals surface area (Å²) < 4.78 is 45.9. The van der Waals surface area contributed by atoms with Gasteiger partial charge < -0.3 is 10.1 Å². The summed E-state index contributed by atoms with van der Waals surface area (Å²) in [5, 5.41) is 2.43. The summed E-state index contributed by atoms with van der Waals surface area (Å²) in [6, 6.07) is 13.2. The maximum absolute atomic E-state index is 13.6. The van der Waals surface area contributed by atoms with Crippen molar-refractivity contribution in [2.45, 2.75) is 31.7 Å². The first-order chi connectivity index (χ1) is 12.4. The number of hydrogen-bond acceptors (Lipinski definition) is 3. The molecule has 1 amide bonds. The largest absolute Gasteiger partial charge is 0.489 e. The Morgan fingerprint density at radius 3 is 2.65 bits per heavy atom. The van der Waals surface area contributed by atoms with E-state index in [1.807, 2.05) is 0 Å². The number of alkyl halides is 2. The Bertz CT molecular complexity index is 753. The minimum absolute atomic E-state index is 0.237. The Morgan fingerprint density at radius 1 is 1.19 bits per heavy atom. The van der Waals surface area contributed by atoms with Gasteiger partial charge >= 0.3 is 0 Å². The van der Waals surface area contributed by atoms with Gasteiger partial charge in [0.05, 0.1) is 12.7 Å². The van der Waals surface area contributed by atoms with Crippen molar-refractivity contribution in [3.05, 3.63) is 65.5 Å². The maximum atomic E-state index is 13.6. The van der Waals surface area contributed by atoms with Gasteiger partial charge in [-0.3, -0.25) is 9.69 Å². The average molecular weight is 364 g/mol. The van der Waals surface area contributed by atoms with Crippen molar-refractivity contribution in [3.8, 4) is 5.75 Å². The van der Waals surface area contributed by atoms with E-state index in [1.54, 1.807) is 36.4 Å². The lowest BCUT2D eigenvalue weighted by Crippen LogP contribution is -2.39. The highest BCUT2D eigenvalue weighted by Crippen LogP contribution is 2.31. The van der Waals surface area contributed by atoms with Crippen LogP contribution >= 0.6 is 0 Å². The molecule has 0 radical (unpaired) electrons. The first-order valence-electron chi connectivity index (χ1n) is 8.23. The first kappa shape index (κ1) is 18.3. The molecular weight excluding hydrogens is 345 g/mol. The molecule has 0 spiro atoms. The number of carbonyl (C=O) groups is 1. The van der Waals surface area contributed by atoms with Crippen LogP contribution in [0.5, 0.6) is 5.75 Å². The van der Waals surface area contributed by atoms with Crippen LogP contribution in [0.2, 0.25) is 0 Å². The van der Waals surface area contributed by atoms with Crippen LogP contribution in [0.25, 0.3) is 0 Å². The van der Waals surface area contributed by atoms with Crippen molar-refractivity contribution in [1.82, 2.24) is 10.2 Å². The van der Waals surface area contributed by atoms with Gasteiger partial charge in [-0.25, -0.2) is 13.2 Å². The summed E-state index contributed by atoms with van der Waals surface area (Å²) in [5.41, 5.74) is 1.55. The van der Waals surface area contributed by atoms with E-state index in [2.05, 4.69) is 5.32 Å². The Balaban J connectivity index is 1.58. The molecule has 1 heterocycles. The van der Waals surface area contributed by atoms with Crippen LogP contribution in [-0.4, -0.2) is 29.9 Å². The number of nitrogens with zero attached hydrogens (tertiary/aromatic N) is 1. The molecular formula is C19H19F3N2O2. The van der Waals surface area contributed by atoms with Crippen molar-refractivity contribution >= 4 is 6.41 Å². The predicted octanol–water partition coefficient (Wildman–Crippen LogP) is 3.32. The van der Waals surface area contributed by atoms with Crippen LogP contribution < -0.4 is 10.1 Å². The first-order valence-corrected chi connectivity index (χ1v) is 8.23. The number of rotatable bonds is 7. The molecule has 7 heteroatoms. The summed E-state index contributed by atoms with van der Waals surface area (Å²) in [5.74, 6) is -2.52. The standard InChI is InChI=1S/C19H19F3N2O2/c20-16-3-1-2-15(8-16)11-26-17-6-4-14(5-7-17)10-24-12-19(21,22)9-18(24)23-13-25/h1-8,13,18H,9-12H2,(H,23,25)/t18-/m0/s1. The number of ether oxygens (including phenoxy) is 1. The molecule has 26 heavy (non-hydrogen) atoms. The van der Waals surface area contributed by atoms with E-state index in [1.165, 1.54) is 17.0 Å². The van der Waals surface area contributed by atoms with E-state index >= 15 is 0 Å². The number of amides is 1. The number of halogens is 3. The van der Waals surface area contributed by atoms with E-state index < -0.39 is 18.6 Å². The van der Waals surface area contributed by atoms with Crippen LogP contribution in [0, 0.1) is 5.82 Å². The summed E-state index contributed by atoms with van der Waals surface area (Å²) >= 11 is 0. The lowest BCUT2D eigenvalue weighted by molar-refractivity contribution is -0.111. The van der Waals surface area contributed by atoms with Crippen LogP contribution in [0.1, 0.15) is 17.5 Å². The van der Waals surface area contributed by atoms with Gasteiger partial charge in [0, 0.05) is 13.0 Å². The SMILES string of the molecule is O=CN[C@@H]1CC(F)(F)CN1Cc1ccc(OCc2cccc(F)c2)cc1.